The van der Waals surface area contributed by atoms with Gasteiger partial charge in [0.1, 0.15) is 19.3 Å². The standard InChI is InChI=1S/C74H144O17P2/c1-8-10-11-12-13-14-15-16-17-18-22-28-33-41-48-55-71(76)84-61-69(90-73(78)57-50-43-34-29-23-20-19-21-26-31-38-45-52-65(3)4)63-88-92(80,81)86-59-68(75)60-87-93(82,83)89-64-70(62-85-72(77)56-49-42-37-36-39-46-53-66(5)6)91-74(79)58-51-44-35-30-25-24-27-32-40-47-54-67(7)9-2/h65-70,75H,8-64H2,1-7H3,(H,80,81)(H,82,83)/t67?,68-,69-,70-/m1/s1. The van der Waals surface area contributed by atoms with Gasteiger partial charge in [-0.2, -0.15) is 0 Å². The number of aliphatic hydroxyl groups excluding tert-OH is 1. The van der Waals surface area contributed by atoms with Crippen LogP contribution in [0.25, 0.3) is 0 Å². The molecule has 0 aromatic carbocycles. The van der Waals surface area contributed by atoms with E-state index in [-0.39, 0.29) is 25.7 Å². The van der Waals surface area contributed by atoms with E-state index in [0.717, 1.165) is 108 Å². The van der Waals surface area contributed by atoms with E-state index in [1.165, 1.54) is 180 Å². The van der Waals surface area contributed by atoms with Crippen molar-refractivity contribution in [2.75, 3.05) is 39.6 Å². The Bertz CT molecular complexity index is 1820. The van der Waals surface area contributed by atoms with Crippen LogP contribution in [0, 0.1) is 17.8 Å². The van der Waals surface area contributed by atoms with Crippen molar-refractivity contribution in [3.05, 3.63) is 0 Å². The van der Waals surface area contributed by atoms with Crippen molar-refractivity contribution in [1.82, 2.24) is 0 Å². The summed E-state index contributed by atoms with van der Waals surface area (Å²) in [6.07, 6.45) is 50.0. The number of esters is 4. The Hall–Kier alpha value is -1.94. The molecule has 0 fully saturated rings. The topological polar surface area (TPSA) is 237 Å². The van der Waals surface area contributed by atoms with Gasteiger partial charge in [0, 0.05) is 25.7 Å². The zero-order chi connectivity index (χ0) is 68.7. The Morgan fingerprint density at radius 2 is 0.548 bits per heavy atom. The van der Waals surface area contributed by atoms with Gasteiger partial charge in [-0.15, -0.1) is 0 Å². The molecule has 3 unspecified atom stereocenters. The van der Waals surface area contributed by atoms with Crippen molar-refractivity contribution in [3.8, 4) is 0 Å². The van der Waals surface area contributed by atoms with Crippen LogP contribution in [-0.4, -0.2) is 96.7 Å². The number of phosphoric acid groups is 2. The molecule has 552 valence electrons. The van der Waals surface area contributed by atoms with E-state index in [1.807, 2.05) is 0 Å². The van der Waals surface area contributed by atoms with Crippen LogP contribution in [0.4, 0.5) is 0 Å². The summed E-state index contributed by atoms with van der Waals surface area (Å²) in [6.45, 7) is 11.8. The molecule has 0 aliphatic heterocycles. The lowest BCUT2D eigenvalue weighted by molar-refractivity contribution is -0.161. The number of carbonyl (C=O) groups excluding carboxylic acids is 4. The predicted molar refractivity (Wildman–Crippen MR) is 377 cm³/mol. The Kier molecular flexibility index (Phi) is 63.4. The maximum Gasteiger partial charge on any atom is 0.472 e. The van der Waals surface area contributed by atoms with Crippen molar-refractivity contribution in [1.29, 1.82) is 0 Å². The third-order valence-corrected chi connectivity index (χ3v) is 19.4. The third kappa shape index (κ3) is 67.0. The number of hydrogen-bond donors (Lipinski definition) is 3. The van der Waals surface area contributed by atoms with Gasteiger partial charge in [-0.25, -0.2) is 9.13 Å². The Morgan fingerprint density at radius 3 is 0.817 bits per heavy atom. The quantitative estimate of drug-likeness (QED) is 0.0222. The molecule has 17 nitrogen and oxygen atoms in total. The fourth-order valence-electron chi connectivity index (χ4n) is 11.2. The average Bonchev–Trinajstić information content (AvgIpc) is 2.68. The maximum absolute atomic E-state index is 13.1. The number of aliphatic hydroxyl groups is 1. The largest absolute Gasteiger partial charge is 0.472 e. The van der Waals surface area contributed by atoms with Crippen LogP contribution in [0.5, 0.6) is 0 Å². The van der Waals surface area contributed by atoms with Crippen molar-refractivity contribution >= 4 is 39.5 Å². The first kappa shape index (κ1) is 91.1. The second-order valence-electron chi connectivity index (χ2n) is 27.9. The van der Waals surface area contributed by atoms with E-state index in [2.05, 4.69) is 48.5 Å². The molecule has 6 atom stereocenters. The van der Waals surface area contributed by atoms with Gasteiger partial charge in [0.15, 0.2) is 12.2 Å². The molecule has 3 N–H and O–H groups in total. The highest BCUT2D eigenvalue weighted by molar-refractivity contribution is 7.47. The van der Waals surface area contributed by atoms with Crippen LogP contribution < -0.4 is 0 Å². The van der Waals surface area contributed by atoms with E-state index in [4.69, 9.17) is 37.0 Å². The molecule has 0 heterocycles. The summed E-state index contributed by atoms with van der Waals surface area (Å²) >= 11 is 0. The summed E-state index contributed by atoms with van der Waals surface area (Å²) in [5.74, 6) is 0.138. The molecule has 0 amide bonds. The molecule has 0 bridgehead atoms. The average molecular weight is 1370 g/mol. The number of ether oxygens (including phenoxy) is 4. The minimum Gasteiger partial charge on any atom is -0.462 e. The molecular formula is C74H144O17P2. The highest BCUT2D eigenvalue weighted by Crippen LogP contribution is 2.45. The first-order valence-corrected chi connectivity index (χ1v) is 41.4. The Labute approximate surface area is 568 Å². The fraction of sp³-hybridized carbons (Fsp3) is 0.946. The minimum atomic E-state index is -4.96. The normalized spacial score (nSPS) is 14.4. The van der Waals surface area contributed by atoms with E-state index in [0.29, 0.717) is 31.6 Å². The van der Waals surface area contributed by atoms with Crippen LogP contribution in [0.2, 0.25) is 0 Å². The van der Waals surface area contributed by atoms with Gasteiger partial charge in [0.05, 0.1) is 26.4 Å². The Balaban J connectivity index is 5.25. The van der Waals surface area contributed by atoms with Gasteiger partial charge in [-0.1, -0.05) is 325 Å². The molecule has 93 heavy (non-hydrogen) atoms. The zero-order valence-corrected chi connectivity index (χ0v) is 62.5. The summed E-state index contributed by atoms with van der Waals surface area (Å²) in [7, 11) is -9.91. The molecule has 0 spiro atoms. The summed E-state index contributed by atoms with van der Waals surface area (Å²) in [6, 6.07) is 0. The Morgan fingerprint density at radius 1 is 0.312 bits per heavy atom. The van der Waals surface area contributed by atoms with Crippen molar-refractivity contribution in [2.45, 2.75) is 394 Å². The number of rotatable bonds is 72. The van der Waals surface area contributed by atoms with E-state index in [1.54, 1.807) is 0 Å². The second kappa shape index (κ2) is 64.7. The van der Waals surface area contributed by atoms with Gasteiger partial charge in [-0.05, 0) is 43.4 Å². The zero-order valence-electron chi connectivity index (χ0n) is 60.7. The van der Waals surface area contributed by atoms with Gasteiger partial charge in [-0.3, -0.25) is 37.3 Å². The summed E-state index contributed by atoms with van der Waals surface area (Å²) in [5.41, 5.74) is 0. The van der Waals surface area contributed by atoms with E-state index < -0.39 is 97.5 Å². The maximum atomic E-state index is 13.1. The van der Waals surface area contributed by atoms with Crippen molar-refractivity contribution < 1.29 is 80.2 Å². The van der Waals surface area contributed by atoms with Gasteiger partial charge in [0.25, 0.3) is 0 Å². The van der Waals surface area contributed by atoms with Crippen LogP contribution in [0.1, 0.15) is 376 Å². The van der Waals surface area contributed by atoms with Crippen molar-refractivity contribution in [2.24, 2.45) is 17.8 Å². The van der Waals surface area contributed by atoms with Gasteiger partial charge in [0.2, 0.25) is 0 Å². The van der Waals surface area contributed by atoms with Crippen LogP contribution in [-0.2, 0) is 65.4 Å². The van der Waals surface area contributed by atoms with Gasteiger partial charge >= 0.3 is 39.5 Å². The number of hydrogen-bond acceptors (Lipinski definition) is 15. The number of carbonyl (C=O) groups is 4. The molecule has 0 saturated carbocycles. The highest BCUT2D eigenvalue weighted by atomic mass is 31.2. The molecule has 0 rings (SSSR count). The van der Waals surface area contributed by atoms with Gasteiger partial charge < -0.3 is 33.8 Å². The number of unbranched alkanes of at least 4 members (excludes halogenated alkanes) is 39. The summed E-state index contributed by atoms with van der Waals surface area (Å²) < 4.78 is 68.4. The summed E-state index contributed by atoms with van der Waals surface area (Å²) in [5, 5.41) is 10.6. The highest BCUT2D eigenvalue weighted by Gasteiger charge is 2.30. The molecule has 0 aliphatic carbocycles. The first-order chi connectivity index (χ1) is 44.8. The number of phosphoric ester groups is 2. The molecular weight excluding hydrogens is 1220 g/mol. The predicted octanol–water partition coefficient (Wildman–Crippen LogP) is 21.4. The molecule has 0 radical (unpaired) electrons. The molecule has 0 saturated heterocycles. The van der Waals surface area contributed by atoms with Crippen LogP contribution in [0.3, 0.4) is 0 Å². The van der Waals surface area contributed by atoms with Crippen LogP contribution >= 0.6 is 15.6 Å². The molecule has 19 heteroatoms. The monoisotopic (exact) mass is 1370 g/mol. The lowest BCUT2D eigenvalue weighted by atomic mass is 9.99. The molecule has 0 aromatic rings. The first-order valence-electron chi connectivity index (χ1n) is 38.4. The van der Waals surface area contributed by atoms with Crippen molar-refractivity contribution in [3.63, 3.8) is 0 Å². The second-order valence-corrected chi connectivity index (χ2v) is 30.8. The minimum absolute atomic E-state index is 0.105. The van der Waals surface area contributed by atoms with E-state index in [9.17, 15) is 43.2 Å². The lowest BCUT2D eigenvalue weighted by Gasteiger charge is -2.21. The van der Waals surface area contributed by atoms with E-state index >= 15 is 0 Å². The summed E-state index contributed by atoms with van der Waals surface area (Å²) in [4.78, 5) is 72.7. The molecule has 0 aliphatic rings. The lowest BCUT2D eigenvalue weighted by Crippen LogP contribution is -2.30. The van der Waals surface area contributed by atoms with Crippen LogP contribution in [0.15, 0.2) is 0 Å². The third-order valence-electron chi connectivity index (χ3n) is 17.5. The molecule has 0 aromatic heterocycles. The fourth-order valence-corrected chi connectivity index (χ4v) is 12.8. The SMILES string of the molecule is CCCCCCCCCCCCCCCCCC(=O)OC[C@H](COP(=O)(O)OC[C@@H](O)COP(=O)(O)OC[C@@H](COC(=O)CCCCCCCCC(C)C)OC(=O)CCCCCCCCCCCCC(C)CC)OC(=O)CCCCCCCCCCCCCCC(C)C. The smallest absolute Gasteiger partial charge is 0.462 e.